The van der Waals surface area contributed by atoms with Crippen molar-refractivity contribution in [1.29, 1.82) is 0 Å². The highest BCUT2D eigenvalue weighted by atomic mass is 35.5. The van der Waals surface area contributed by atoms with E-state index in [4.69, 9.17) is 21.1 Å². The van der Waals surface area contributed by atoms with Gasteiger partial charge in [0.15, 0.2) is 11.5 Å². The summed E-state index contributed by atoms with van der Waals surface area (Å²) in [6.45, 7) is 4.60. The number of nitrogens with zero attached hydrogens (tertiary/aromatic N) is 2. The van der Waals surface area contributed by atoms with Crippen molar-refractivity contribution in [3.8, 4) is 11.5 Å². The van der Waals surface area contributed by atoms with E-state index in [1.165, 1.54) is 18.3 Å². The average Bonchev–Trinajstić information content (AvgIpc) is 2.80. The fourth-order valence-corrected chi connectivity index (χ4v) is 3.41. The lowest BCUT2D eigenvalue weighted by atomic mass is 10.1. The lowest BCUT2D eigenvalue weighted by Crippen LogP contribution is -2.20. The molecule has 0 aliphatic heterocycles. The largest absolute Gasteiger partial charge is 0.490 e. The van der Waals surface area contributed by atoms with Crippen LogP contribution in [0.15, 0.2) is 65.8 Å². The Hall–Kier alpha value is -3.91. The van der Waals surface area contributed by atoms with Gasteiger partial charge in [-0.2, -0.15) is 5.10 Å². The van der Waals surface area contributed by atoms with E-state index in [0.717, 1.165) is 11.1 Å². The number of nitro groups is 1. The van der Waals surface area contributed by atoms with E-state index >= 15 is 0 Å². The molecule has 0 radical (unpaired) electrons. The molecule has 1 amide bonds. The first-order valence-electron chi connectivity index (χ1n) is 10.6. The Morgan fingerprint density at radius 2 is 1.88 bits per heavy atom. The van der Waals surface area contributed by atoms with E-state index < -0.39 is 10.8 Å². The summed E-state index contributed by atoms with van der Waals surface area (Å²) in [6, 6.07) is 17.4. The van der Waals surface area contributed by atoms with Crippen LogP contribution < -0.4 is 14.9 Å². The summed E-state index contributed by atoms with van der Waals surface area (Å²) in [5.74, 6) is 0.385. The first kappa shape index (κ1) is 24.7. The van der Waals surface area contributed by atoms with Crippen molar-refractivity contribution >= 4 is 29.4 Å². The molecular weight excluding hydrogens is 458 g/mol. The Bertz CT molecular complexity index is 1200. The summed E-state index contributed by atoms with van der Waals surface area (Å²) < 4.78 is 11.6. The highest BCUT2D eigenvalue weighted by Gasteiger charge is 2.15. The lowest BCUT2D eigenvalue weighted by Gasteiger charge is -2.14. The van der Waals surface area contributed by atoms with Crippen molar-refractivity contribution in [2.75, 3.05) is 6.61 Å². The summed E-state index contributed by atoms with van der Waals surface area (Å²) in [6.07, 6.45) is 1.24. The van der Waals surface area contributed by atoms with Gasteiger partial charge in [-0.3, -0.25) is 14.9 Å². The van der Waals surface area contributed by atoms with Gasteiger partial charge in [0.1, 0.15) is 6.61 Å². The summed E-state index contributed by atoms with van der Waals surface area (Å²) in [4.78, 5) is 22.8. The summed E-state index contributed by atoms with van der Waals surface area (Å²) in [5, 5.41) is 15.4. The van der Waals surface area contributed by atoms with E-state index in [1.807, 2.05) is 38.1 Å². The lowest BCUT2D eigenvalue weighted by molar-refractivity contribution is -0.385. The van der Waals surface area contributed by atoms with Gasteiger partial charge in [0.2, 0.25) is 5.91 Å². The van der Waals surface area contributed by atoms with Crippen LogP contribution in [0.3, 0.4) is 0 Å². The molecule has 3 rings (SSSR count). The maximum Gasteiger partial charge on any atom is 0.273 e. The number of nitro benzene ring substituents is 1. The zero-order valence-electron chi connectivity index (χ0n) is 18.8. The summed E-state index contributed by atoms with van der Waals surface area (Å²) in [7, 11) is 0. The van der Waals surface area contributed by atoms with E-state index in [2.05, 4.69) is 10.5 Å². The molecule has 0 saturated carbocycles. The Morgan fingerprint density at radius 3 is 2.59 bits per heavy atom. The summed E-state index contributed by atoms with van der Waals surface area (Å²) in [5.41, 5.74) is 5.31. The van der Waals surface area contributed by atoms with Crippen molar-refractivity contribution in [3.05, 3.63) is 98.1 Å². The predicted octanol–water partition coefficient (Wildman–Crippen LogP) is 5.23. The van der Waals surface area contributed by atoms with Crippen molar-refractivity contribution in [1.82, 2.24) is 5.43 Å². The first-order chi connectivity index (χ1) is 16.4. The number of hydrazone groups is 1. The number of nitrogens with one attached hydrogen (secondary N) is 1. The Kier molecular flexibility index (Phi) is 8.59. The molecule has 0 aromatic heterocycles. The molecule has 9 heteroatoms. The second-order valence-corrected chi connectivity index (χ2v) is 7.80. The van der Waals surface area contributed by atoms with Crippen LogP contribution in [0.5, 0.6) is 11.5 Å². The van der Waals surface area contributed by atoms with E-state index in [9.17, 15) is 14.9 Å². The molecule has 3 aromatic rings. The Labute approximate surface area is 202 Å². The van der Waals surface area contributed by atoms with E-state index in [-0.39, 0.29) is 12.1 Å². The molecule has 0 atom stereocenters. The van der Waals surface area contributed by atoms with Gasteiger partial charge in [0, 0.05) is 11.6 Å². The Balaban J connectivity index is 1.67. The monoisotopic (exact) mass is 481 g/mol. The van der Waals surface area contributed by atoms with E-state index in [0.29, 0.717) is 40.9 Å². The van der Waals surface area contributed by atoms with Gasteiger partial charge in [-0.25, -0.2) is 5.43 Å². The first-order valence-corrected chi connectivity index (χ1v) is 10.9. The number of ether oxygens (including phenoxy) is 2. The van der Waals surface area contributed by atoms with Gasteiger partial charge < -0.3 is 9.47 Å². The van der Waals surface area contributed by atoms with Crippen LogP contribution in [0, 0.1) is 17.0 Å². The number of hydrogen-bond acceptors (Lipinski definition) is 6. The average molecular weight is 482 g/mol. The number of para-hydroxylation sites is 1. The Morgan fingerprint density at radius 1 is 1.15 bits per heavy atom. The molecule has 0 unspecified atom stereocenters. The van der Waals surface area contributed by atoms with Crippen LogP contribution in [-0.4, -0.2) is 23.7 Å². The third-order valence-electron chi connectivity index (χ3n) is 4.78. The van der Waals surface area contributed by atoms with Gasteiger partial charge in [-0.15, -0.1) is 0 Å². The molecule has 0 fully saturated rings. The number of halogens is 1. The van der Waals surface area contributed by atoms with Gasteiger partial charge >= 0.3 is 0 Å². The molecule has 1 N–H and O–H groups in total. The van der Waals surface area contributed by atoms with Crippen LogP contribution in [0.25, 0.3) is 0 Å². The topological polar surface area (TPSA) is 103 Å². The number of benzene rings is 3. The van der Waals surface area contributed by atoms with Gasteiger partial charge in [0.05, 0.1) is 29.2 Å². The number of carbonyl (C=O) groups excluding carboxylic acids is 1. The molecule has 3 aromatic carbocycles. The molecule has 0 aliphatic carbocycles. The predicted molar refractivity (Wildman–Crippen MR) is 131 cm³/mol. The minimum absolute atomic E-state index is 0.115. The number of amides is 1. The maximum atomic E-state index is 12.2. The third-order valence-corrected chi connectivity index (χ3v) is 5.06. The fraction of sp³-hybridized carbons (Fsp3) is 0.200. The number of rotatable bonds is 10. The quantitative estimate of drug-likeness (QED) is 0.243. The van der Waals surface area contributed by atoms with Crippen LogP contribution in [0.2, 0.25) is 5.02 Å². The molecule has 0 spiro atoms. The molecule has 0 bridgehead atoms. The van der Waals surface area contributed by atoms with Crippen molar-refractivity contribution in [3.63, 3.8) is 0 Å². The number of carbonyl (C=O) groups is 1. The van der Waals surface area contributed by atoms with Crippen molar-refractivity contribution < 1.29 is 19.2 Å². The number of aryl methyl sites for hydroxylation is 1. The molecule has 0 heterocycles. The standard InChI is InChI=1S/C25H24ClN3O5/c1-3-33-23-13-19(12-21(26)25(23)34-16-18-10-8-17(2)9-11-18)15-27-28-24(30)14-20-6-4-5-7-22(20)29(31)32/h4-13,15H,3,14,16H2,1-2H3,(H,28,30)/b27-15+. The van der Waals surface area contributed by atoms with Gasteiger partial charge in [-0.05, 0) is 37.1 Å². The molecule has 0 saturated heterocycles. The minimum atomic E-state index is -0.522. The molecule has 0 aliphatic rings. The SMILES string of the molecule is CCOc1cc(/C=N/NC(=O)Cc2ccccc2[N+](=O)[O-])cc(Cl)c1OCc1ccc(C)cc1. The number of hydrogen-bond donors (Lipinski definition) is 1. The zero-order valence-corrected chi connectivity index (χ0v) is 19.5. The minimum Gasteiger partial charge on any atom is -0.490 e. The van der Waals surface area contributed by atoms with Crippen molar-refractivity contribution in [2.45, 2.75) is 26.9 Å². The molecule has 176 valence electrons. The molecule has 34 heavy (non-hydrogen) atoms. The van der Waals surface area contributed by atoms with Gasteiger partial charge in [-0.1, -0.05) is 59.6 Å². The fourth-order valence-electron chi connectivity index (χ4n) is 3.14. The van der Waals surface area contributed by atoms with Crippen molar-refractivity contribution in [2.24, 2.45) is 5.10 Å². The maximum absolute atomic E-state index is 12.2. The third kappa shape index (κ3) is 6.79. The van der Waals surface area contributed by atoms with Gasteiger partial charge in [0.25, 0.3) is 5.69 Å². The van der Waals surface area contributed by atoms with Crippen LogP contribution in [0.1, 0.15) is 29.2 Å². The normalized spacial score (nSPS) is 10.8. The van der Waals surface area contributed by atoms with Crippen LogP contribution in [0.4, 0.5) is 5.69 Å². The zero-order chi connectivity index (χ0) is 24.5. The van der Waals surface area contributed by atoms with Crippen LogP contribution in [-0.2, 0) is 17.8 Å². The summed E-state index contributed by atoms with van der Waals surface area (Å²) >= 11 is 6.44. The smallest absolute Gasteiger partial charge is 0.273 e. The highest BCUT2D eigenvalue weighted by molar-refractivity contribution is 6.32. The molecular formula is C25H24ClN3O5. The van der Waals surface area contributed by atoms with Crippen LogP contribution >= 0.6 is 11.6 Å². The van der Waals surface area contributed by atoms with E-state index in [1.54, 1.807) is 24.3 Å². The second kappa shape index (κ2) is 11.8. The highest BCUT2D eigenvalue weighted by Crippen LogP contribution is 2.37. The molecule has 8 nitrogen and oxygen atoms in total. The second-order valence-electron chi connectivity index (χ2n) is 7.39.